The molecule has 47 heavy (non-hydrogen) atoms. The second-order valence-electron chi connectivity index (χ2n) is 12.6. The number of hydrogen-bond donors (Lipinski definition) is 0. The van der Waals surface area contributed by atoms with Crippen LogP contribution in [-0.2, 0) is 4.74 Å². The average Bonchev–Trinajstić information content (AvgIpc) is 3.34. The molecule has 3 aromatic carbocycles. The zero-order valence-electron chi connectivity index (χ0n) is 29.0. The second-order valence-corrected chi connectivity index (χ2v) is 12.6. The maximum atomic E-state index is 13.9. The zero-order valence-corrected chi connectivity index (χ0v) is 29.0. The number of carbonyl (C=O) groups is 1. The van der Waals surface area contributed by atoms with Crippen LogP contribution in [-0.4, -0.2) is 49.0 Å². The van der Waals surface area contributed by atoms with Crippen LogP contribution < -0.4 is 23.7 Å². The number of esters is 1. The number of rotatable bonds is 12. The molecule has 0 N–H and O–H groups in total. The molecular formula is C39H45NO7. The number of pyridine rings is 1. The van der Waals surface area contributed by atoms with Crippen LogP contribution in [0.25, 0.3) is 38.5 Å². The first-order valence-electron chi connectivity index (χ1n) is 16.1. The van der Waals surface area contributed by atoms with Gasteiger partial charge in [0.2, 0.25) is 0 Å². The SMILES string of the molecule is COC(=O)c1c(-c2ccc(OC(C)C)cc2OC(C)C)c(-c2cccc(OC(C)C)c2)c2c3cc(OC)c(OC(C)C)cc3ccn12. The summed E-state index contributed by atoms with van der Waals surface area (Å²) in [5.41, 5.74) is 4.23. The summed E-state index contributed by atoms with van der Waals surface area (Å²) in [4.78, 5) is 13.9. The van der Waals surface area contributed by atoms with E-state index >= 15 is 0 Å². The number of nitrogens with zero attached hydrogens (tertiary/aromatic N) is 1. The smallest absolute Gasteiger partial charge is 0.355 e. The van der Waals surface area contributed by atoms with Gasteiger partial charge in [0.05, 0.1) is 44.2 Å². The summed E-state index contributed by atoms with van der Waals surface area (Å²) in [7, 11) is 3.02. The molecule has 0 aliphatic heterocycles. The number of benzene rings is 3. The summed E-state index contributed by atoms with van der Waals surface area (Å²) in [6.45, 7) is 15.9. The second kappa shape index (κ2) is 13.9. The number of carbonyl (C=O) groups excluding carboxylic acids is 1. The molecule has 0 aliphatic carbocycles. The Balaban J connectivity index is 1.98. The van der Waals surface area contributed by atoms with Gasteiger partial charge in [-0.1, -0.05) is 12.1 Å². The lowest BCUT2D eigenvalue weighted by Crippen LogP contribution is -2.10. The molecule has 0 radical (unpaired) electrons. The predicted octanol–water partition coefficient (Wildman–Crippen LogP) is 9.37. The molecule has 8 nitrogen and oxygen atoms in total. The van der Waals surface area contributed by atoms with Crippen LogP contribution in [0.15, 0.2) is 66.9 Å². The topological polar surface area (TPSA) is 76.9 Å². The lowest BCUT2D eigenvalue weighted by Gasteiger charge is -2.19. The van der Waals surface area contributed by atoms with Gasteiger partial charge < -0.3 is 32.8 Å². The van der Waals surface area contributed by atoms with Crippen molar-refractivity contribution in [2.24, 2.45) is 0 Å². The van der Waals surface area contributed by atoms with E-state index in [0.717, 1.165) is 33.0 Å². The lowest BCUT2D eigenvalue weighted by atomic mass is 9.93. The molecule has 0 amide bonds. The standard InChI is InChI=1S/C39H45NO7/c1-22(2)44-28-13-11-12-27(18-28)35-36(30-15-14-29(45-23(3)4)20-32(30)46-24(5)6)38(39(41)43-10)40-17-16-26-19-34(47-25(7)8)33(42-9)21-31(26)37(35)40/h11-25H,1-10H3. The van der Waals surface area contributed by atoms with Gasteiger partial charge in [-0.2, -0.15) is 0 Å². The minimum Gasteiger partial charge on any atom is -0.493 e. The molecule has 5 aromatic rings. The number of hydrogen-bond acceptors (Lipinski definition) is 7. The molecule has 0 spiro atoms. The van der Waals surface area contributed by atoms with Crippen LogP contribution in [0, 0.1) is 0 Å². The van der Waals surface area contributed by atoms with Crippen molar-refractivity contribution in [3.8, 4) is 51.0 Å². The van der Waals surface area contributed by atoms with E-state index in [1.807, 2.05) is 127 Å². The third kappa shape index (κ3) is 6.97. The van der Waals surface area contributed by atoms with Crippen LogP contribution in [0.2, 0.25) is 0 Å². The fraction of sp³-hybridized carbons (Fsp3) is 0.359. The summed E-state index contributed by atoms with van der Waals surface area (Å²) in [5.74, 6) is 2.71. The molecule has 2 heterocycles. The third-order valence-corrected chi connectivity index (χ3v) is 7.39. The Morgan fingerprint density at radius 2 is 1.28 bits per heavy atom. The number of fused-ring (bicyclic) bond motifs is 3. The van der Waals surface area contributed by atoms with Crippen molar-refractivity contribution in [2.75, 3.05) is 14.2 Å². The number of methoxy groups -OCH3 is 2. The highest BCUT2D eigenvalue weighted by Crippen LogP contribution is 2.48. The number of aromatic nitrogens is 1. The fourth-order valence-corrected chi connectivity index (χ4v) is 5.83. The highest BCUT2D eigenvalue weighted by molar-refractivity contribution is 6.15. The van der Waals surface area contributed by atoms with E-state index in [2.05, 4.69) is 0 Å². The molecule has 8 heteroatoms. The summed E-state index contributed by atoms with van der Waals surface area (Å²) >= 11 is 0. The molecule has 0 unspecified atom stereocenters. The van der Waals surface area contributed by atoms with Gasteiger partial charge >= 0.3 is 5.97 Å². The van der Waals surface area contributed by atoms with Crippen molar-refractivity contribution in [1.82, 2.24) is 4.40 Å². The summed E-state index contributed by atoms with van der Waals surface area (Å²) in [6, 6.07) is 19.6. The monoisotopic (exact) mass is 639 g/mol. The van der Waals surface area contributed by atoms with Gasteiger partial charge in [-0.15, -0.1) is 0 Å². The van der Waals surface area contributed by atoms with E-state index in [4.69, 9.17) is 28.4 Å². The van der Waals surface area contributed by atoms with Gasteiger partial charge in [0.15, 0.2) is 11.5 Å². The molecule has 0 saturated heterocycles. The van der Waals surface area contributed by atoms with E-state index in [1.54, 1.807) is 7.11 Å². The summed E-state index contributed by atoms with van der Waals surface area (Å²) in [5, 5.41) is 1.79. The van der Waals surface area contributed by atoms with E-state index in [-0.39, 0.29) is 24.4 Å². The van der Waals surface area contributed by atoms with Crippen LogP contribution in [0.5, 0.6) is 28.7 Å². The van der Waals surface area contributed by atoms with Crippen LogP contribution in [0.1, 0.15) is 65.9 Å². The molecule has 0 fully saturated rings. The fourth-order valence-electron chi connectivity index (χ4n) is 5.83. The average molecular weight is 640 g/mol. The van der Waals surface area contributed by atoms with E-state index in [0.29, 0.717) is 40.0 Å². The summed E-state index contributed by atoms with van der Waals surface area (Å²) in [6.07, 6.45) is 1.66. The van der Waals surface area contributed by atoms with E-state index in [9.17, 15) is 4.79 Å². The molecule has 5 rings (SSSR count). The Hall–Kier alpha value is -4.85. The molecule has 2 aromatic heterocycles. The Bertz CT molecular complexity index is 1900. The Kier molecular flexibility index (Phi) is 9.89. The number of ether oxygens (including phenoxy) is 6. The molecule has 248 valence electrons. The zero-order chi connectivity index (χ0) is 34.0. The molecule has 0 aliphatic rings. The van der Waals surface area contributed by atoms with Gasteiger partial charge in [0.1, 0.15) is 22.9 Å². The predicted molar refractivity (Wildman–Crippen MR) is 187 cm³/mol. The molecular weight excluding hydrogens is 594 g/mol. The van der Waals surface area contributed by atoms with Gasteiger partial charge in [-0.05, 0) is 109 Å². The minimum atomic E-state index is -0.486. The van der Waals surface area contributed by atoms with Crippen LogP contribution >= 0.6 is 0 Å². The highest BCUT2D eigenvalue weighted by atomic mass is 16.5. The van der Waals surface area contributed by atoms with Gasteiger partial charge in [0.25, 0.3) is 0 Å². The first-order valence-corrected chi connectivity index (χ1v) is 16.1. The van der Waals surface area contributed by atoms with Crippen molar-refractivity contribution >= 4 is 22.3 Å². The molecule has 0 bridgehead atoms. The molecule has 0 saturated carbocycles. The van der Waals surface area contributed by atoms with Gasteiger partial charge in [0, 0.05) is 34.3 Å². The first kappa shape index (κ1) is 33.5. The van der Waals surface area contributed by atoms with Crippen LogP contribution in [0.3, 0.4) is 0 Å². The van der Waals surface area contributed by atoms with E-state index < -0.39 is 5.97 Å². The van der Waals surface area contributed by atoms with E-state index in [1.165, 1.54) is 7.11 Å². The van der Waals surface area contributed by atoms with Gasteiger partial charge in [-0.3, -0.25) is 0 Å². The minimum absolute atomic E-state index is 0.0230. The normalized spacial score (nSPS) is 11.6. The maximum Gasteiger partial charge on any atom is 0.355 e. The highest BCUT2D eigenvalue weighted by Gasteiger charge is 2.30. The van der Waals surface area contributed by atoms with Crippen molar-refractivity contribution in [3.63, 3.8) is 0 Å². The van der Waals surface area contributed by atoms with Crippen LogP contribution in [0.4, 0.5) is 0 Å². The van der Waals surface area contributed by atoms with Crippen molar-refractivity contribution in [1.29, 1.82) is 0 Å². The third-order valence-electron chi connectivity index (χ3n) is 7.39. The Morgan fingerprint density at radius 3 is 1.89 bits per heavy atom. The lowest BCUT2D eigenvalue weighted by molar-refractivity contribution is 0.0594. The Labute approximate surface area is 277 Å². The summed E-state index contributed by atoms with van der Waals surface area (Å²) < 4.78 is 37.9. The molecule has 0 atom stereocenters. The van der Waals surface area contributed by atoms with Crippen molar-refractivity contribution < 1.29 is 33.2 Å². The van der Waals surface area contributed by atoms with Gasteiger partial charge in [-0.25, -0.2) is 4.79 Å². The maximum absolute atomic E-state index is 13.9. The largest absolute Gasteiger partial charge is 0.493 e. The van der Waals surface area contributed by atoms with Crippen molar-refractivity contribution in [3.05, 3.63) is 72.6 Å². The quantitative estimate of drug-likeness (QED) is 0.126. The first-order chi connectivity index (χ1) is 22.4. The van der Waals surface area contributed by atoms with Crippen molar-refractivity contribution in [2.45, 2.75) is 79.8 Å². The Morgan fingerprint density at radius 1 is 0.638 bits per heavy atom.